The summed E-state index contributed by atoms with van der Waals surface area (Å²) >= 11 is 0. The fraction of sp³-hybridized carbons (Fsp3) is 0.889. The molecule has 4 bridgehead atoms. The van der Waals surface area contributed by atoms with Gasteiger partial charge in [-0.15, -0.1) is 0 Å². The average Bonchev–Trinajstić information content (AvgIpc) is 2.84. The van der Waals surface area contributed by atoms with Crippen LogP contribution in [-0.4, -0.2) is 39.6 Å². The minimum Gasteiger partial charge on any atom is -0.390 e. The van der Waals surface area contributed by atoms with Crippen molar-refractivity contribution in [3.05, 3.63) is 0 Å². The minimum absolute atomic E-state index is 0.0629. The molecule has 1 amide bonds. The van der Waals surface area contributed by atoms with E-state index in [4.69, 9.17) is 5.73 Å². The average molecular weight is 317 g/mol. The van der Waals surface area contributed by atoms with E-state index in [0.717, 1.165) is 38.5 Å². The van der Waals surface area contributed by atoms with E-state index in [1.807, 2.05) is 6.92 Å². The zero-order valence-electron chi connectivity index (χ0n) is 13.9. The smallest absolute Gasteiger partial charge is 0.241 e. The summed E-state index contributed by atoms with van der Waals surface area (Å²) in [6.07, 6.45) is 7.18. The van der Waals surface area contributed by atoms with Gasteiger partial charge in [-0.25, -0.2) is 0 Å². The van der Waals surface area contributed by atoms with Crippen LogP contribution in [-0.2, 0) is 4.79 Å². The molecule has 5 fully saturated rings. The number of nitrogens with zero attached hydrogens (tertiary/aromatic N) is 2. The van der Waals surface area contributed by atoms with Gasteiger partial charge >= 0.3 is 0 Å². The van der Waals surface area contributed by atoms with Crippen LogP contribution < -0.4 is 5.73 Å². The quantitative estimate of drug-likeness (QED) is 0.808. The van der Waals surface area contributed by atoms with Crippen LogP contribution in [0.5, 0.6) is 0 Å². The molecule has 0 aromatic heterocycles. The van der Waals surface area contributed by atoms with Crippen molar-refractivity contribution in [1.29, 1.82) is 5.26 Å². The number of hydrogen-bond acceptors (Lipinski definition) is 4. The summed E-state index contributed by atoms with van der Waals surface area (Å²) in [5.41, 5.74) is 5.67. The normalized spacial score (nSPS) is 49.2. The zero-order valence-corrected chi connectivity index (χ0v) is 13.9. The lowest BCUT2D eigenvalue weighted by molar-refractivity contribution is -0.177. The van der Waals surface area contributed by atoms with E-state index in [9.17, 15) is 15.2 Å². The van der Waals surface area contributed by atoms with Gasteiger partial charge in [-0.3, -0.25) is 4.79 Å². The Kier molecular flexibility index (Phi) is 3.31. The Morgan fingerprint density at radius 3 is 2.52 bits per heavy atom. The van der Waals surface area contributed by atoms with E-state index in [2.05, 4.69) is 6.07 Å². The van der Waals surface area contributed by atoms with Crippen molar-refractivity contribution in [1.82, 2.24) is 4.90 Å². The fourth-order valence-corrected chi connectivity index (χ4v) is 6.55. The summed E-state index contributed by atoms with van der Waals surface area (Å²) < 4.78 is 0. The number of nitriles is 1. The first-order valence-corrected chi connectivity index (χ1v) is 9.06. The number of hydrogen-bond donors (Lipinski definition) is 2. The van der Waals surface area contributed by atoms with E-state index in [1.165, 1.54) is 6.42 Å². The predicted molar refractivity (Wildman–Crippen MR) is 85.0 cm³/mol. The summed E-state index contributed by atoms with van der Waals surface area (Å²) in [6, 6.07) is 1.45. The first kappa shape index (κ1) is 15.4. The molecule has 2 unspecified atom stereocenters. The van der Waals surface area contributed by atoms with Gasteiger partial charge < -0.3 is 15.7 Å². The Hall–Kier alpha value is -1.12. The lowest BCUT2D eigenvalue weighted by atomic mass is 9.46. The summed E-state index contributed by atoms with van der Waals surface area (Å²) in [4.78, 5) is 14.8. The van der Waals surface area contributed by atoms with E-state index in [-0.39, 0.29) is 23.4 Å². The van der Waals surface area contributed by atoms with Gasteiger partial charge in [0.1, 0.15) is 6.04 Å². The van der Waals surface area contributed by atoms with Crippen LogP contribution in [0, 0.1) is 28.6 Å². The van der Waals surface area contributed by atoms with Crippen LogP contribution in [0.1, 0.15) is 58.3 Å². The van der Waals surface area contributed by atoms with Crippen molar-refractivity contribution in [2.75, 3.05) is 0 Å². The molecule has 1 heterocycles. The number of rotatable bonds is 2. The third-order valence-corrected chi connectivity index (χ3v) is 7.07. The standard InChI is InChI=1S/C18H27N3O2/c1-11-2-3-14(9-19)21(11)16(22)15(20)17-5-12-4-13(6-17)8-18(23,7-12)10-17/h11-15,23H,2-8,10,20H2,1H3/t11-,12?,13?,14-,15+,17?,18?/m0/s1. The van der Waals surface area contributed by atoms with Gasteiger partial charge in [-0.2, -0.15) is 5.26 Å². The van der Waals surface area contributed by atoms with Crippen LogP contribution in [0.25, 0.3) is 0 Å². The predicted octanol–water partition coefficient (Wildman–Crippen LogP) is 1.55. The molecule has 5 heteroatoms. The molecule has 3 N–H and O–H groups in total. The minimum atomic E-state index is -0.604. The molecule has 5 aliphatic rings. The van der Waals surface area contributed by atoms with Crippen molar-refractivity contribution < 1.29 is 9.90 Å². The van der Waals surface area contributed by atoms with Crippen LogP contribution in [0.3, 0.4) is 0 Å². The summed E-state index contributed by atoms with van der Waals surface area (Å²) in [7, 11) is 0. The molecule has 0 aromatic rings. The molecule has 0 aromatic carbocycles. The van der Waals surface area contributed by atoms with Gasteiger partial charge in [0.25, 0.3) is 0 Å². The summed E-state index contributed by atoms with van der Waals surface area (Å²) in [5.74, 6) is 0.970. The van der Waals surface area contributed by atoms with Gasteiger partial charge in [0.2, 0.25) is 5.91 Å². The fourth-order valence-electron chi connectivity index (χ4n) is 6.55. The molecule has 5 rings (SSSR count). The highest BCUT2D eigenvalue weighted by molar-refractivity contribution is 5.84. The second-order valence-corrected chi connectivity index (χ2v) is 8.84. The SMILES string of the molecule is C[C@H]1CC[C@@H](C#N)N1C(=O)[C@@H](N)C12CC3CC(CC(O)(C3)C1)C2. The molecule has 4 saturated carbocycles. The first-order chi connectivity index (χ1) is 10.9. The first-order valence-electron chi connectivity index (χ1n) is 9.06. The van der Waals surface area contributed by atoms with Crippen molar-refractivity contribution in [3.63, 3.8) is 0 Å². The molecule has 0 radical (unpaired) electrons. The number of amides is 1. The molecule has 5 nitrogen and oxygen atoms in total. The molecular weight excluding hydrogens is 290 g/mol. The summed E-state index contributed by atoms with van der Waals surface area (Å²) in [5, 5.41) is 20.2. The number of aliphatic hydroxyl groups is 1. The van der Waals surface area contributed by atoms with E-state index in [1.54, 1.807) is 4.90 Å². The van der Waals surface area contributed by atoms with Gasteiger partial charge in [-0.1, -0.05) is 0 Å². The largest absolute Gasteiger partial charge is 0.390 e. The Morgan fingerprint density at radius 1 is 1.30 bits per heavy atom. The lowest BCUT2D eigenvalue weighted by Gasteiger charge is -2.61. The summed E-state index contributed by atoms with van der Waals surface area (Å²) in [6.45, 7) is 2.01. The van der Waals surface area contributed by atoms with Crippen molar-refractivity contribution >= 4 is 5.91 Å². The highest BCUT2D eigenvalue weighted by Crippen LogP contribution is 2.62. The molecule has 4 aliphatic carbocycles. The molecular formula is C18H27N3O2. The lowest BCUT2D eigenvalue weighted by Crippen LogP contribution is -2.65. The van der Waals surface area contributed by atoms with Crippen molar-refractivity contribution in [2.45, 2.75) is 82.0 Å². The second kappa shape index (κ2) is 4.94. The molecule has 126 valence electrons. The maximum Gasteiger partial charge on any atom is 0.241 e. The highest BCUT2D eigenvalue weighted by atomic mass is 16.3. The van der Waals surface area contributed by atoms with Crippen molar-refractivity contribution in [3.8, 4) is 6.07 Å². The molecule has 0 spiro atoms. The van der Waals surface area contributed by atoms with Gasteiger partial charge in [0, 0.05) is 6.04 Å². The van der Waals surface area contributed by atoms with Crippen LogP contribution in [0.4, 0.5) is 0 Å². The number of likely N-dealkylation sites (tertiary alicyclic amines) is 1. The Balaban J connectivity index is 1.60. The number of nitrogens with two attached hydrogens (primary N) is 1. The maximum atomic E-state index is 13.1. The van der Waals surface area contributed by atoms with Gasteiger partial charge in [-0.05, 0) is 75.5 Å². The second-order valence-electron chi connectivity index (χ2n) is 8.84. The third-order valence-electron chi connectivity index (χ3n) is 7.07. The highest BCUT2D eigenvalue weighted by Gasteiger charge is 2.61. The number of carbonyl (C=O) groups is 1. The van der Waals surface area contributed by atoms with Crippen LogP contribution in [0.15, 0.2) is 0 Å². The topological polar surface area (TPSA) is 90.4 Å². The van der Waals surface area contributed by atoms with E-state index >= 15 is 0 Å². The Labute approximate surface area is 137 Å². The Morgan fingerprint density at radius 2 is 1.96 bits per heavy atom. The number of carbonyl (C=O) groups excluding carboxylic acids is 1. The molecule has 5 atom stereocenters. The monoisotopic (exact) mass is 317 g/mol. The van der Waals surface area contributed by atoms with E-state index < -0.39 is 11.6 Å². The maximum absolute atomic E-state index is 13.1. The van der Waals surface area contributed by atoms with Crippen LogP contribution in [0.2, 0.25) is 0 Å². The molecule has 23 heavy (non-hydrogen) atoms. The van der Waals surface area contributed by atoms with Gasteiger partial charge in [0.05, 0.1) is 17.7 Å². The molecule has 1 saturated heterocycles. The molecule has 1 aliphatic heterocycles. The van der Waals surface area contributed by atoms with Gasteiger partial charge in [0.15, 0.2) is 0 Å². The third kappa shape index (κ3) is 2.22. The zero-order chi connectivity index (χ0) is 16.4. The van der Waals surface area contributed by atoms with Crippen molar-refractivity contribution in [2.24, 2.45) is 23.0 Å². The Bertz CT molecular complexity index is 555. The van der Waals surface area contributed by atoms with Crippen LogP contribution >= 0.6 is 0 Å². The van der Waals surface area contributed by atoms with E-state index in [0.29, 0.717) is 18.3 Å².